The van der Waals surface area contributed by atoms with Gasteiger partial charge >= 0.3 is 0 Å². The fourth-order valence-electron chi connectivity index (χ4n) is 2.08. The van der Waals surface area contributed by atoms with E-state index in [9.17, 15) is 0 Å². The molecule has 0 aliphatic heterocycles. The van der Waals surface area contributed by atoms with Crippen molar-refractivity contribution >= 4 is 0 Å². The molecule has 1 atom stereocenters. The highest BCUT2D eigenvalue weighted by Crippen LogP contribution is 2.43. The van der Waals surface area contributed by atoms with Gasteiger partial charge in [-0.05, 0) is 38.5 Å². The highest BCUT2D eigenvalue weighted by molar-refractivity contribution is 4.88. The second kappa shape index (κ2) is 5.72. The summed E-state index contributed by atoms with van der Waals surface area (Å²) in [5.74, 6) is 0. The molecule has 0 aromatic carbocycles. The zero-order chi connectivity index (χ0) is 10.4. The lowest BCUT2D eigenvalue weighted by Gasteiger charge is -2.42. The molecule has 1 aliphatic carbocycles. The van der Waals surface area contributed by atoms with Crippen molar-refractivity contribution in [3.63, 3.8) is 0 Å². The Kier molecular flexibility index (Phi) is 4.90. The highest BCUT2D eigenvalue weighted by atomic mass is 16.5. The normalized spacial score (nSPS) is 21.6. The number of ether oxygens (including phenoxy) is 1. The molecular formula is C12H25NO. The molecule has 1 fully saturated rings. The van der Waals surface area contributed by atoms with Crippen LogP contribution in [-0.2, 0) is 4.74 Å². The molecule has 0 saturated heterocycles. The van der Waals surface area contributed by atoms with E-state index in [1.165, 1.54) is 32.2 Å². The molecule has 14 heavy (non-hydrogen) atoms. The van der Waals surface area contributed by atoms with Crippen molar-refractivity contribution in [3.8, 4) is 0 Å². The van der Waals surface area contributed by atoms with Crippen LogP contribution >= 0.6 is 0 Å². The number of hydrogen-bond donors (Lipinski definition) is 1. The molecule has 2 heteroatoms. The maximum atomic E-state index is 5.38. The van der Waals surface area contributed by atoms with Crippen LogP contribution in [0.1, 0.15) is 46.5 Å². The highest BCUT2D eigenvalue weighted by Gasteiger charge is 2.34. The quantitative estimate of drug-likeness (QED) is 0.680. The lowest BCUT2D eigenvalue weighted by Crippen LogP contribution is -2.43. The summed E-state index contributed by atoms with van der Waals surface area (Å²) in [6, 6.07) is 0.499. The predicted molar refractivity (Wildman–Crippen MR) is 60.5 cm³/mol. The Morgan fingerprint density at radius 2 is 2.07 bits per heavy atom. The number of nitrogens with one attached hydrogen (secondary N) is 1. The third-order valence-electron chi connectivity index (χ3n) is 3.56. The lowest BCUT2D eigenvalue weighted by atomic mass is 9.67. The molecule has 1 saturated carbocycles. The van der Waals surface area contributed by atoms with Crippen LogP contribution in [0.2, 0.25) is 0 Å². The standard InChI is InChI=1S/C12H25NO/c1-4-12(7-6-8-12)10-13-11(3)9-14-5-2/h11,13H,4-10H2,1-3H3. The van der Waals surface area contributed by atoms with Gasteiger partial charge in [-0.1, -0.05) is 13.3 Å². The van der Waals surface area contributed by atoms with Gasteiger partial charge in [-0.3, -0.25) is 0 Å². The van der Waals surface area contributed by atoms with E-state index in [2.05, 4.69) is 19.2 Å². The third kappa shape index (κ3) is 3.25. The SMILES string of the molecule is CCOCC(C)NCC1(CC)CCC1. The molecule has 0 aromatic rings. The molecule has 0 bridgehead atoms. The lowest BCUT2D eigenvalue weighted by molar-refractivity contribution is 0.0944. The summed E-state index contributed by atoms with van der Waals surface area (Å²) in [6.07, 6.45) is 5.58. The number of rotatable bonds is 7. The van der Waals surface area contributed by atoms with Gasteiger partial charge in [0.25, 0.3) is 0 Å². The third-order valence-corrected chi connectivity index (χ3v) is 3.56. The van der Waals surface area contributed by atoms with E-state index in [4.69, 9.17) is 4.74 Å². The van der Waals surface area contributed by atoms with Crippen LogP contribution in [0.3, 0.4) is 0 Å². The van der Waals surface area contributed by atoms with Crippen LogP contribution in [0.15, 0.2) is 0 Å². The molecule has 0 aromatic heterocycles. The molecule has 0 amide bonds. The number of hydrogen-bond acceptors (Lipinski definition) is 2. The van der Waals surface area contributed by atoms with E-state index in [0.717, 1.165) is 13.2 Å². The Morgan fingerprint density at radius 1 is 1.36 bits per heavy atom. The van der Waals surface area contributed by atoms with E-state index < -0.39 is 0 Å². The first kappa shape index (κ1) is 12.0. The first-order valence-corrected chi connectivity index (χ1v) is 6.03. The van der Waals surface area contributed by atoms with Crippen LogP contribution in [0.5, 0.6) is 0 Å². The largest absolute Gasteiger partial charge is 0.380 e. The average molecular weight is 199 g/mol. The average Bonchev–Trinajstić information content (AvgIpc) is 2.14. The molecular weight excluding hydrogens is 174 g/mol. The van der Waals surface area contributed by atoms with Gasteiger partial charge in [-0.25, -0.2) is 0 Å². The molecule has 0 heterocycles. The minimum Gasteiger partial charge on any atom is -0.380 e. The van der Waals surface area contributed by atoms with Gasteiger partial charge in [0.1, 0.15) is 0 Å². The topological polar surface area (TPSA) is 21.3 Å². The van der Waals surface area contributed by atoms with Crippen LogP contribution in [-0.4, -0.2) is 25.8 Å². The van der Waals surface area contributed by atoms with Crippen molar-refractivity contribution in [3.05, 3.63) is 0 Å². The predicted octanol–water partition coefficient (Wildman–Crippen LogP) is 2.58. The summed E-state index contributed by atoms with van der Waals surface area (Å²) in [5, 5.41) is 3.59. The Hall–Kier alpha value is -0.0800. The van der Waals surface area contributed by atoms with Gasteiger partial charge in [0.05, 0.1) is 6.61 Å². The summed E-state index contributed by atoms with van der Waals surface area (Å²) in [4.78, 5) is 0. The van der Waals surface area contributed by atoms with Crippen molar-refractivity contribution in [2.75, 3.05) is 19.8 Å². The van der Waals surface area contributed by atoms with Gasteiger partial charge in [0.2, 0.25) is 0 Å². The second-order valence-electron chi connectivity index (χ2n) is 4.65. The zero-order valence-electron chi connectivity index (χ0n) is 9.94. The van der Waals surface area contributed by atoms with Crippen molar-refractivity contribution in [1.82, 2.24) is 5.32 Å². The van der Waals surface area contributed by atoms with Gasteiger partial charge in [0, 0.05) is 19.2 Å². The minimum absolute atomic E-state index is 0.499. The van der Waals surface area contributed by atoms with Gasteiger partial charge in [0.15, 0.2) is 0 Å². The molecule has 2 nitrogen and oxygen atoms in total. The maximum absolute atomic E-state index is 5.38. The van der Waals surface area contributed by atoms with Crippen LogP contribution < -0.4 is 5.32 Å². The van der Waals surface area contributed by atoms with E-state index >= 15 is 0 Å². The molecule has 1 aliphatic rings. The van der Waals surface area contributed by atoms with E-state index in [1.807, 2.05) is 6.92 Å². The smallest absolute Gasteiger partial charge is 0.0616 e. The molecule has 1 N–H and O–H groups in total. The minimum atomic E-state index is 0.499. The Labute approximate surface area is 88.4 Å². The molecule has 0 spiro atoms. The Balaban J connectivity index is 2.12. The van der Waals surface area contributed by atoms with Crippen molar-refractivity contribution in [1.29, 1.82) is 0 Å². The summed E-state index contributed by atoms with van der Waals surface area (Å²) in [6.45, 7) is 9.41. The Morgan fingerprint density at radius 3 is 2.50 bits per heavy atom. The summed E-state index contributed by atoms with van der Waals surface area (Å²) < 4.78 is 5.38. The van der Waals surface area contributed by atoms with Crippen LogP contribution in [0.4, 0.5) is 0 Å². The van der Waals surface area contributed by atoms with Gasteiger partial charge in [-0.2, -0.15) is 0 Å². The molecule has 0 radical (unpaired) electrons. The fourth-order valence-corrected chi connectivity index (χ4v) is 2.08. The molecule has 84 valence electrons. The van der Waals surface area contributed by atoms with E-state index in [0.29, 0.717) is 11.5 Å². The molecule has 1 unspecified atom stereocenters. The van der Waals surface area contributed by atoms with Crippen molar-refractivity contribution < 1.29 is 4.74 Å². The zero-order valence-corrected chi connectivity index (χ0v) is 9.94. The summed E-state index contributed by atoms with van der Waals surface area (Å²) in [7, 11) is 0. The first-order valence-electron chi connectivity index (χ1n) is 6.03. The van der Waals surface area contributed by atoms with E-state index in [1.54, 1.807) is 0 Å². The maximum Gasteiger partial charge on any atom is 0.0616 e. The fraction of sp³-hybridized carbons (Fsp3) is 1.00. The van der Waals surface area contributed by atoms with Crippen LogP contribution in [0, 0.1) is 5.41 Å². The monoisotopic (exact) mass is 199 g/mol. The summed E-state index contributed by atoms with van der Waals surface area (Å²) >= 11 is 0. The van der Waals surface area contributed by atoms with Crippen molar-refractivity contribution in [2.24, 2.45) is 5.41 Å². The van der Waals surface area contributed by atoms with Crippen LogP contribution in [0.25, 0.3) is 0 Å². The van der Waals surface area contributed by atoms with Crippen molar-refractivity contribution in [2.45, 2.75) is 52.5 Å². The Bertz CT molecular complexity index is 149. The van der Waals surface area contributed by atoms with Gasteiger partial charge in [-0.15, -0.1) is 0 Å². The molecule has 1 rings (SSSR count). The first-order chi connectivity index (χ1) is 6.72. The summed E-state index contributed by atoms with van der Waals surface area (Å²) in [5.41, 5.74) is 0.625. The van der Waals surface area contributed by atoms with E-state index in [-0.39, 0.29) is 0 Å². The second-order valence-corrected chi connectivity index (χ2v) is 4.65. The van der Waals surface area contributed by atoms with Gasteiger partial charge < -0.3 is 10.1 Å².